The van der Waals surface area contributed by atoms with Crippen molar-refractivity contribution in [1.29, 1.82) is 0 Å². The summed E-state index contributed by atoms with van der Waals surface area (Å²) in [7, 11) is 1.30. The first-order valence-corrected chi connectivity index (χ1v) is 9.19. The van der Waals surface area contributed by atoms with Crippen LogP contribution in [0.15, 0.2) is 54.7 Å². The highest BCUT2D eigenvalue weighted by molar-refractivity contribution is 7.99. The molecule has 7 nitrogen and oxygen atoms in total. The molecule has 0 spiro atoms. The zero-order valence-electron chi connectivity index (χ0n) is 14.5. The highest BCUT2D eigenvalue weighted by Gasteiger charge is 2.18. The Balaban J connectivity index is 1.71. The van der Waals surface area contributed by atoms with Gasteiger partial charge >= 0.3 is 5.97 Å². The first kappa shape index (κ1) is 18.7. The average Bonchev–Trinajstić information content (AvgIpc) is 3.07. The Kier molecular flexibility index (Phi) is 5.56. The van der Waals surface area contributed by atoms with Gasteiger partial charge in [0.1, 0.15) is 0 Å². The standard InChI is InChI=1S/C19H16N2O5S/c1-26-19(23)16-10-20(17-5-3-2-4-15(16)17)18(22)12-27-11-13-6-8-14(9-7-13)21(24)25/h2-10H,11-12H2,1H3. The molecule has 0 fully saturated rings. The van der Waals surface area contributed by atoms with E-state index in [0.29, 0.717) is 22.2 Å². The number of nitro groups is 1. The summed E-state index contributed by atoms with van der Waals surface area (Å²) in [5.74, 6) is 0.104. The van der Waals surface area contributed by atoms with Crippen LogP contribution in [0, 0.1) is 10.1 Å². The van der Waals surface area contributed by atoms with E-state index in [2.05, 4.69) is 0 Å². The number of methoxy groups -OCH3 is 1. The van der Waals surface area contributed by atoms with Crippen molar-refractivity contribution >= 4 is 40.2 Å². The van der Waals surface area contributed by atoms with Crippen molar-refractivity contribution in [2.75, 3.05) is 12.9 Å². The topological polar surface area (TPSA) is 91.4 Å². The molecule has 0 saturated heterocycles. The number of nitrogens with zero attached hydrogens (tertiary/aromatic N) is 2. The Morgan fingerprint density at radius 1 is 1.15 bits per heavy atom. The Bertz CT molecular complexity index is 1010. The van der Waals surface area contributed by atoms with Crippen LogP contribution in [0.1, 0.15) is 20.7 Å². The molecule has 8 heteroatoms. The van der Waals surface area contributed by atoms with Crippen LogP contribution < -0.4 is 0 Å². The monoisotopic (exact) mass is 384 g/mol. The first-order valence-electron chi connectivity index (χ1n) is 8.04. The molecular formula is C19H16N2O5S. The zero-order valence-corrected chi connectivity index (χ0v) is 15.3. The van der Waals surface area contributed by atoms with Crippen LogP contribution in [0.5, 0.6) is 0 Å². The number of ether oxygens (including phenoxy) is 1. The van der Waals surface area contributed by atoms with Gasteiger partial charge in [-0.25, -0.2) is 4.79 Å². The minimum Gasteiger partial charge on any atom is -0.465 e. The lowest BCUT2D eigenvalue weighted by atomic mass is 10.2. The number of nitro benzene ring substituents is 1. The third kappa shape index (κ3) is 4.01. The molecule has 0 saturated carbocycles. The Morgan fingerprint density at radius 3 is 2.52 bits per heavy atom. The van der Waals surface area contributed by atoms with Gasteiger partial charge in [0.15, 0.2) is 0 Å². The van der Waals surface area contributed by atoms with Crippen molar-refractivity contribution < 1.29 is 19.2 Å². The number of rotatable bonds is 6. The molecule has 0 aliphatic carbocycles. The van der Waals surface area contributed by atoms with Crippen LogP contribution in [-0.2, 0) is 10.5 Å². The fourth-order valence-corrected chi connectivity index (χ4v) is 3.54. The predicted molar refractivity (Wildman–Crippen MR) is 103 cm³/mol. The van der Waals surface area contributed by atoms with E-state index in [4.69, 9.17) is 4.74 Å². The van der Waals surface area contributed by atoms with Gasteiger partial charge in [-0.3, -0.25) is 19.5 Å². The second-order valence-electron chi connectivity index (χ2n) is 5.73. The molecule has 2 aromatic carbocycles. The van der Waals surface area contributed by atoms with E-state index in [-0.39, 0.29) is 17.3 Å². The largest absolute Gasteiger partial charge is 0.465 e. The number of hydrogen-bond donors (Lipinski definition) is 0. The number of para-hydroxylation sites is 1. The molecular weight excluding hydrogens is 368 g/mol. The number of benzene rings is 2. The van der Waals surface area contributed by atoms with E-state index < -0.39 is 10.9 Å². The van der Waals surface area contributed by atoms with Gasteiger partial charge in [0, 0.05) is 29.5 Å². The fourth-order valence-electron chi connectivity index (χ4n) is 2.70. The van der Waals surface area contributed by atoms with Gasteiger partial charge in [0.2, 0.25) is 5.91 Å². The van der Waals surface area contributed by atoms with Gasteiger partial charge in [-0.05, 0) is 11.6 Å². The molecule has 0 aliphatic rings. The third-order valence-corrected chi connectivity index (χ3v) is 5.02. The molecule has 3 aromatic rings. The van der Waals surface area contributed by atoms with Crippen LogP contribution in [-0.4, -0.2) is 34.2 Å². The lowest BCUT2D eigenvalue weighted by Gasteiger charge is -2.04. The van der Waals surface area contributed by atoms with Crippen molar-refractivity contribution in [3.8, 4) is 0 Å². The molecule has 0 unspecified atom stereocenters. The minimum absolute atomic E-state index is 0.0361. The lowest BCUT2D eigenvalue weighted by Crippen LogP contribution is -2.12. The van der Waals surface area contributed by atoms with E-state index in [9.17, 15) is 19.7 Å². The molecule has 3 rings (SSSR count). The van der Waals surface area contributed by atoms with Gasteiger partial charge in [-0.15, -0.1) is 11.8 Å². The van der Waals surface area contributed by atoms with Crippen molar-refractivity contribution in [3.05, 3.63) is 76.0 Å². The Labute approximate surface area is 159 Å². The summed E-state index contributed by atoms with van der Waals surface area (Å²) >= 11 is 1.40. The molecule has 27 heavy (non-hydrogen) atoms. The zero-order chi connectivity index (χ0) is 19.4. The second-order valence-corrected chi connectivity index (χ2v) is 6.72. The predicted octanol–water partition coefficient (Wildman–Crippen LogP) is 3.91. The van der Waals surface area contributed by atoms with Crippen LogP contribution in [0.25, 0.3) is 10.9 Å². The molecule has 1 aromatic heterocycles. The van der Waals surface area contributed by atoms with Crippen LogP contribution >= 0.6 is 11.8 Å². The summed E-state index contributed by atoms with van der Waals surface area (Å²) in [5, 5.41) is 11.3. The molecule has 0 N–H and O–H groups in total. The van der Waals surface area contributed by atoms with Crippen molar-refractivity contribution in [2.24, 2.45) is 0 Å². The number of fused-ring (bicyclic) bond motifs is 1. The average molecular weight is 384 g/mol. The minimum atomic E-state index is -0.490. The Hall–Kier alpha value is -3.13. The summed E-state index contributed by atoms with van der Waals surface area (Å²) in [5.41, 5.74) is 1.93. The molecule has 0 radical (unpaired) electrons. The van der Waals surface area contributed by atoms with Gasteiger partial charge in [-0.2, -0.15) is 0 Å². The number of non-ortho nitro benzene ring substituents is 1. The SMILES string of the molecule is COC(=O)c1cn(C(=O)CSCc2ccc([N+](=O)[O-])cc2)c2ccccc12. The molecule has 0 aliphatic heterocycles. The normalized spacial score (nSPS) is 10.7. The quantitative estimate of drug-likeness (QED) is 0.363. The van der Waals surface area contributed by atoms with E-state index in [1.807, 2.05) is 0 Å². The maximum atomic E-state index is 12.6. The van der Waals surface area contributed by atoms with Crippen molar-refractivity contribution in [2.45, 2.75) is 5.75 Å². The van der Waals surface area contributed by atoms with Crippen LogP contribution in [0.3, 0.4) is 0 Å². The third-order valence-electron chi connectivity index (χ3n) is 4.03. The maximum Gasteiger partial charge on any atom is 0.340 e. The van der Waals surface area contributed by atoms with Crippen molar-refractivity contribution in [3.63, 3.8) is 0 Å². The van der Waals surface area contributed by atoms with Gasteiger partial charge in [-0.1, -0.05) is 30.3 Å². The number of carbonyl (C=O) groups excluding carboxylic acids is 2. The van der Waals surface area contributed by atoms with Crippen molar-refractivity contribution in [1.82, 2.24) is 4.57 Å². The highest BCUT2D eigenvalue weighted by Crippen LogP contribution is 2.23. The molecule has 0 amide bonds. The van der Waals surface area contributed by atoms with Crippen LogP contribution in [0.2, 0.25) is 0 Å². The summed E-state index contributed by atoms with van der Waals surface area (Å²) in [6.45, 7) is 0. The summed E-state index contributed by atoms with van der Waals surface area (Å²) in [4.78, 5) is 34.8. The lowest BCUT2D eigenvalue weighted by molar-refractivity contribution is -0.384. The van der Waals surface area contributed by atoms with Gasteiger partial charge in [0.05, 0.1) is 28.9 Å². The van der Waals surface area contributed by atoms with Gasteiger partial charge in [0.25, 0.3) is 5.69 Å². The fraction of sp³-hybridized carbons (Fsp3) is 0.158. The molecule has 0 atom stereocenters. The molecule has 1 heterocycles. The second kappa shape index (κ2) is 8.05. The maximum absolute atomic E-state index is 12.6. The molecule has 0 bridgehead atoms. The summed E-state index contributed by atoms with van der Waals surface area (Å²) in [6, 6.07) is 13.4. The van der Waals surface area contributed by atoms with Crippen LogP contribution in [0.4, 0.5) is 5.69 Å². The number of thioether (sulfide) groups is 1. The first-order chi connectivity index (χ1) is 13.0. The number of hydrogen-bond acceptors (Lipinski definition) is 6. The van der Waals surface area contributed by atoms with Gasteiger partial charge < -0.3 is 4.74 Å². The number of carbonyl (C=O) groups is 2. The number of esters is 1. The smallest absolute Gasteiger partial charge is 0.340 e. The Morgan fingerprint density at radius 2 is 1.85 bits per heavy atom. The van der Waals surface area contributed by atoms with E-state index in [1.54, 1.807) is 36.4 Å². The van der Waals surface area contributed by atoms with E-state index >= 15 is 0 Å². The molecule has 138 valence electrons. The van der Waals surface area contributed by atoms with E-state index in [0.717, 1.165) is 5.56 Å². The summed E-state index contributed by atoms with van der Waals surface area (Å²) in [6.07, 6.45) is 1.51. The number of aromatic nitrogens is 1. The highest BCUT2D eigenvalue weighted by atomic mass is 32.2. The van der Waals surface area contributed by atoms with E-state index in [1.165, 1.54) is 41.8 Å². The summed E-state index contributed by atoms with van der Waals surface area (Å²) < 4.78 is 6.25.